The molecule has 1 aliphatic heterocycles. The zero-order valence-electron chi connectivity index (χ0n) is 10.6. The smallest absolute Gasteiger partial charge is 0.115 e. The van der Waals surface area contributed by atoms with Crippen LogP contribution < -0.4 is 0 Å². The van der Waals surface area contributed by atoms with Crippen LogP contribution in [-0.2, 0) is 4.08 Å². The van der Waals surface area contributed by atoms with Crippen molar-refractivity contribution >= 4 is 23.5 Å². The second kappa shape index (κ2) is 5.10. The van der Waals surface area contributed by atoms with Crippen molar-refractivity contribution in [2.75, 3.05) is 11.5 Å². The maximum Gasteiger partial charge on any atom is 0.115 e. The van der Waals surface area contributed by atoms with Gasteiger partial charge in [0.1, 0.15) is 4.08 Å². The summed E-state index contributed by atoms with van der Waals surface area (Å²) in [5.74, 6) is 2.34. The van der Waals surface area contributed by atoms with Crippen molar-refractivity contribution in [2.24, 2.45) is 0 Å². The zero-order chi connectivity index (χ0) is 12.5. The minimum Gasteiger partial charge on any atom is -0.387 e. The van der Waals surface area contributed by atoms with E-state index in [1.165, 1.54) is 36.3 Å². The van der Waals surface area contributed by atoms with Gasteiger partial charge in [-0.3, -0.25) is 0 Å². The Hall–Kier alpha value is -0.120. The van der Waals surface area contributed by atoms with Crippen LogP contribution in [0.2, 0.25) is 0 Å². The Bertz CT molecular complexity index is 392. The van der Waals surface area contributed by atoms with Crippen molar-refractivity contribution in [3.05, 3.63) is 35.9 Å². The van der Waals surface area contributed by atoms with Crippen LogP contribution >= 0.6 is 23.5 Å². The monoisotopic (exact) mass is 280 g/mol. The summed E-state index contributed by atoms with van der Waals surface area (Å²) >= 11 is 3.95. The van der Waals surface area contributed by atoms with Crippen molar-refractivity contribution in [1.82, 2.24) is 0 Å². The summed E-state index contributed by atoms with van der Waals surface area (Å²) < 4.78 is -0.122. The molecule has 0 bridgehead atoms. The van der Waals surface area contributed by atoms with E-state index in [0.717, 1.165) is 12.8 Å². The van der Waals surface area contributed by atoms with Crippen molar-refractivity contribution in [2.45, 2.75) is 41.8 Å². The predicted octanol–water partition coefficient (Wildman–Crippen LogP) is 4.01. The summed E-state index contributed by atoms with van der Waals surface area (Å²) in [5.41, 5.74) is 0.800. The summed E-state index contributed by atoms with van der Waals surface area (Å²) in [6, 6.07) is 10.7. The van der Waals surface area contributed by atoms with Gasteiger partial charge < -0.3 is 5.11 Å². The van der Waals surface area contributed by atoms with Crippen LogP contribution in [0.5, 0.6) is 0 Å². The molecule has 0 spiro atoms. The molecule has 0 amide bonds. The largest absolute Gasteiger partial charge is 0.387 e. The molecule has 1 saturated heterocycles. The third kappa shape index (κ3) is 2.00. The Morgan fingerprint density at radius 1 is 0.889 bits per heavy atom. The van der Waals surface area contributed by atoms with Gasteiger partial charge >= 0.3 is 0 Å². The second-order valence-electron chi connectivity index (χ2n) is 5.27. The lowest BCUT2D eigenvalue weighted by atomic mass is 9.91. The van der Waals surface area contributed by atoms with E-state index in [2.05, 4.69) is 30.3 Å². The highest BCUT2D eigenvalue weighted by atomic mass is 32.2. The minimum atomic E-state index is -0.510. The van der Waals surface area contributed by atoms with Crippen LogP contribution in [0.25, 0.3) is 0 Å². The van der Waals surface area contributed by atoms with Crippen molar-refractivity contribution < 1.29 is 5.11 Å². The first kappa shape index (κ1) is 12.9. The van der Waals surface area contributed by atoms with E-state index < -0.39 is 5.60 Å². The number of hydrogen-bond acceptors (Lipinski definition) is 3. The molecule has 0 aromatic heterocycles. The molecule has 0 unspecified atom stereocenters. The highest BCUT2D eigenvalue weighted by Crippen LogP contribution is 2.61. The lowest BCUT2D eigenvalue weighted by Crippen LogP contribution is -2.46. The van der Waals surface area contributed by atoms with Gasteiger partial charge in [-0.2, -0.15) is 0 Å². The number of aliphatic hydroxyl groups is 1. The van der Waals surface area contributed by atoms with Gasteiger partial charge in [0, 0.05) is 0 Å². The number of rotatable bonds is 2. The Morgan fingerprint density at radius 3 is 2.11 bits per heavy atom. The Morgan fingerprint density at radius 2 is 1.50 bits per heavy atom. The molecule has 98 valence electrons. The number of benzene rings is 1. The summed E-state index contributed by atoms with van der Waals surface area (Å²) in [6.45, 7) is 0. The fraction of sp³-hybridized carbons (Fsp3) is 0.600. The molecule has 1 N–H and O–H groups in total. The highest BCUT2D eigenvalue weighted by molar-refractivity contribution is 8.18. The first-order chi connectivity index (χ1) is 8.77. The third-order valence-electron chi connectivity index (χ3n) is 4.10. The fourth-order valence-electron chi connectivity index (χ4n) is 3.18. The van der Waals surface area contributed by atoms with Crippen LogP contribution in [0, 0.1) is 0 Å². The van der Waals surface area contributed by atoms with E-state index in [0.29, 0.717) is 0 Å². The van der Waals surface area contributed by atoms with Gasteiger partial charge in [0.2, 0.25) is 0 Å². The topological polar surface area (TPSA) is 20.2 Å². The molecule has 0 radical (unpaired) electrons. The van der Waals surface area contributed by atoms with Gasteiger partial charge in [-0.1, -0.05) is 43.2 Å². The third-order valence-corrected chi connectivity index (χ3v) is 7.83. The molecule has 18 heavy (non-hydrogen) atoms. The second-order valence-corrected chi connectivity index (χ2v) is 8.15. The Labute approximate surface area is 118 Å². The number of hydrogen-bond donors (Lipinski definition) is 1. The lowest BCUT2D eigenvalue weighted by molar-refractivity contribution is 0.0338. The van der Waals surface area contributed by atoms with Crippen LogP contribution in [0.4, 0.5) is 0 Å². The molecule has 1 saturated carbocycles. The first-order valence-corrected chi connectivity index (χ1v) is 8.80. The summed E-state index contributed by atoms with van der Waals surface area (Å²) in [4.78, 5) is 0. The van der Waals surface area contributed by atoms with E-state index in [1.807, 2.05) is 23.5 Å². The van der Waals surface area contributed by atoms with Crippen molar-refractivity contribution in [1.29, 1.82) is 0 Å². The van der Waals surface area contributed by atoms with E-state index in [4.69, 9.17) is 0 Å². The van der Waals surface area contributed by atoms with Crippen LogP contribution in [0.3, 0.4) is 0 Å². The Balaban J connectivity index is 2.03. The molecule has 1 nitrogen and oxygen atoms in total. The lowest BCUT2D eigenvalue weighted by Gasteiger charge is -2.47. The quantitative estimate of drug-likeness (QED) is 0.884. The molecular formula is C15H20OS2. The average molecular weight is 280 g/mol. The summed E-state index contributed by atoms with van der Waals surface area (Å²) in [6.07, 6.45) is 5.53. The molecule has 3 rings (SSSR count). The molecule has 0 atom stereocenters. The fourth-order valence-corrected chi connectivity index (χ4v) is 6.90. The molecule has 1 aromatic carbocycles. The van der Waals surface area contributed by atoms with Gasteiger partial charge in [0.25, 0.3) is 0 Å². The SMILES string of the molecule is OC1(C2(c3ccccc3)SCCCS2)CCCC1. The minimum absolute atomic E-state index is 0.122. The molecular weight excluding hydrogens is 260 g/mol. The average Bonchev–Trinajstić information content (AvgIpc) is 2.89. The van der Waals surface area contributed by atoms with E-state index in [-0.39, 0.29) is 4.08 Å². The van der Waals surface area contributed by atoms with Gasteiger partial charge in [0.15, 0.2) is 0 Å². The molecule has 1 heterocycles. The van der Waals surface area contributed by atoms with Gasteiger partial charge in [-0.15, -0.1) is 23.5 Å². The molecule has 2 fully saturated rings. The molecule has 1 aliphatic carbocycles. The van der Waals surface area contributed by atoms with Crippen LogP contribution in [-0.4, -0.2) is 22.2 Å². The first-order valence-electron chi connectivity index (χ1n) is 6.83. The van der Waals surface area contributed by atoms with Gasteiger partial charge in [-0.25, -0.2) is 0 Å². The molecule has 2 aliphatic rings. The van der Waals surface area contributed by atoms with Crippen molar-refractivity contribution in [3.63, 3.8) is 0 Å². The highest BCUT2D eigenvalue weighted by Gasteiger charge is 2.54. The van der Waals surface area contributed by atoms with Gasteiger partial charge in [0.05, 0.1) is 5.60 Å². The van der Waals surface area contributed by atoms with Gasteiger partial charge in [-0.05, 0) is 36.3 Å². The zero-order valence-corrected chi connectivity index (χ0v) is 12.2. The maximum absolute atomic E-state index is 11.2. The van der Waals surface area contributed by atoms with E-state index in [9.17, 15) is 5.11 Å². The summed E-state index contributed by atoms with van der Waals surface area (Å²) in [7, 11) is 0. The molecule has 1 aromatic rings. The maximum atomic E-state index is 11.2. The molecule has 3 heteroatoms. The van der Waals surface area contributed by atoms with Crippen LogP contribution in [0.15, 0.2) is 30.3 Å². The normalized spacial score (nSPS) is 26.1. The van der Waals surface area contributed by atoms with Crippen molar-refractivity contribution in [3.8, 4) is 0 Å². The standard InChI is InChI=1S/C15H20OS2/c16-14(9-4-5-10-14)15(17-11-6-12-18-15)13-7-2-1-3-8-13/h1-3,7-8,16H,4-6,9-12H2. The predicted molar refractivity (Wildman–Crippen MR) is 81.1 cm³/mol. The Kier molecular flexibility index (Phi) is 3.65. The van der Waals surface area contributed by atoms with E-state index in [1.54, 1.807) is 0 Å². The van der Waals surface area contributed by atoms with E-state index >= 15 is 0 Å². The summed E-state index contributed by atoms with van der Waals surface area (Å²) in [5, 5.41) is 11.2. The number of thioether (sulfide) groups is 2. The van der Waals surface area contributed by atoms with Crippen LogP contribution in [0.1, 0.15) is 37.7 Å².